The number of aryl methyl sites for hydroxylation is 1. The van der Waals surface area contributed by atoms with Crippen LogP contribution in [0.3, 0.4) is 0 Å². The monoisotopic (exact) mass is 269 g/mol. The number of rotatable bonds is 4. The minimum atomic E-state index is -0.791. The Hall–Kier alpha value is -1.43. The summed E-state index contributed by atoms with van der Waals surface area (Å²) in [4.78, 5) is 27.2. The molecule has 1 aliphatic heterocycles. The number of hydrogen-bond acceptors (Lipinski definition) is 6. The van der Waals surface area contributed by atoms with E-state index < -0.39 is 17.5 Å². The molecular weight excluding hydrogens is 254 g/mol. The Bertz CT molecular complexity index is 441. The van der Waals surface area contributed by atoms with Crippen molar-refractivity contribution in [3.63, 3.8) is 0 Å². The van der Waals surface area contributed by atoms with Gasteiger partial charge in [0.2, 0.25) is 6.10 Å². The van der Waals surface area contributed by atoms with E-state index in [2.05, 4.69) is 4.98 Å². The van der Waals surface area contributed by atoms with Gasteiger partial charge in [0.25, 0.3) is 0 Å². The highest BCUT2D eigenvalue weighted by Gasteiger charge is 2.46. The highest BCUT2D eigenvalue weighted by molar-refractivity contribution is 7.07. The van der Waals surface area contributed by atoms with Gasteiger partial charge >= 0.3 is 11.9 Å². The third-order valence-corrected chi connectivity index (χ3v) is 3.46. The maximum atomic E-state index is 11.7. The van der Waals surface area contributed by atoms with E-state index in [0.29, 0.717) is 6.42 Å². The molecule has 1 aliphatic rings. The molecule has 0 spiro atoms. The average Bonchev–Trinajstić information content (AvgIpc) is 2.90. The van der Waals surface area contributed by atoms with Crippen LogP contribution in [0.5, 0.6) is 0 Å². The molecule has 1 atom stereocenters. The van der Waals surface area contributed by atoms with E-state index in [-0.39, 0.29) is 19.0 Å². The van der Waals surface area contributed by atoms with Crippen LogP contribution in [0.4, 0.5) is 0 Å². The Morgan fingerprint density at radius 1 is 1.67 bits per heavy atom. The Morgan fingerprint density at radius 3 is 3.00 bits per heavy atom. The van der Waals surface area contributed by atoms with E-state index in [1.807, 2.05) is 19.2 Å². The summed E-state index contributed by atoms with van der Waals surface area (Å²) in [5.74, 6) is -0.845. The van der Waals surface area contributed by atoms with E-state index in [0.717, 1.165) is 5.69 Å². The molecule has 0 amide bonds. The number of thiazole rings is 1. The van der Waals surface area contributed by atoms with Gasteiger partial charge in [-0.15, -0.1) is 11.3 Å². The van der Waals surface area contributed by atoms with E-state index in [4.69, 9.17) is 9.47 Å². The maximum Gasteiger partial charge on any atom is 0.348 e. The SMILES string of the molecule is CC1(C)COC(=O)[C@@H]1OC(=O)CCc1cscn1. The van der Waals surface area contributed by atoms with Crippen molar-refractivity contribution in [2.45, 2.75) is 32.8 Å². The first-order valence-electron chi connectivity index (χ1n) is 5.72. The van der Waals surface area contributed by atoms with Crippen molar-refractivity contribution in [3.8, 4) is 0 Å². The van der Waals surface area contributed by atoms with Crippen molar-refractivity contribution < 1.29 is 19.1 Å². The third kappa shape index (κ3) is 2.87. The van der Waals surface area contributed by atoms with Crippen LogP contribution in [-0.2, 0) is 25.5 Å². The summed E-state index contributed by atoms with van der Waals surface area (Å²) in [7, 11) is 0. The zero-order valence-corrected chi connectivity index (χ0v) is 11.2. The first kappa shape index (κ1) is 13.0. The van der Waals surface area contributed by atoms with Crippen LogP contribution < -0.4 is 0 Å². The number of esters is 2. The van der Waals surface area contributed by atoms with Gasteiger partial charge < -0.3 is 9.47 Å². The fraction of sp³-hybridized carbons (Fsp3) is 0.583. The second-order valence-electron chi connectivity index (χ2n) is 4.95. The number of carbonyl (C=O) groups is 2. The van der Waals surface area contributed by atoms with E-state index in [9.17, 15) is 9.59 Å². The second kappa shape index (κ2) is 5.06. The summed E-state index contributed by atoms with van der Waals surface area (Å²) in [6, 6.07) is 0. The van der Waals surface area contributed by atoms with Gasteiger partial charge in [-0.3, -0.25) is 4.79 Å². The van der Waals surface area contributed by atoms with Crippen LogP contribution in [-0.4, -0.2) is 29.6 Å². The van der Waals surface area contributed by atoms with Gasteiger partial charge in [-0.1, -0.05) is 13.8 Å². The number of nitrogens with zero attached hydrogens (tertiary/aromatic N) is 1. The molecule has 1 fully saturated rings. The van der Waals surface area contributed by atoms with Gasteiger partial charge in [0, 0.05) is 17.2 Å². The van der Waals surface area contributed by atoms with E-state index >= 15 is 0 Å². The molecule has 1 saturated heterocycles. The van der Waals surface area contributed by atoms with Crippen LogP contribution in [0.25, 0.3) is 0 Å². The molecular formula is C12H15NO4S. The van der Waals surface area contributed by atoms with Gasteiger partial charge in [-0.05, 0) is 0 Å². The smallest absolute Gasteiger partial charge is 0.348 e. The lowest BCUT2D eigenvalue weighted by Gasteiger charge is -2.21. The topological polar surface area (TPSA) is 65.5 Å². The van der Waals surface area contributed by atoms with Crippen molar-refractivity contribution in [3.05, 3.63) is 16.6 Å². The van der Waals surface area contributed by atoms with Crippen molar-refractivity contribution in [1.29, 1.82) is 0 Å². The zero-order chi connectivity index (χ0) is 13.2. The summed E-state index contributed by atoms with van der Waals surface area (Å²) >= 11 is 1.49. The van der Waals surface area contributed by atoms with Crippen molar-refractivity contribution in [1.82, 2.24) is 4.98 Å². The maximum absolute atomic E-state index is 11.7. The molecule has 2 heterocycles. The second-order valence-corrected chi connectivity index (χ2v) is 5.66. The Balaban J connectivity index is 1.85. The van der Waals surface area contributed by atoms with Gasteiger partial charge in [-0.2, -0.15) is 0 Å². The zero-order valence-electron chi connectivity index (χ0n) is 10.3. The van der Waals surface area contributed by atoms with Crippen molar-refractivity contribution >= 4 is 23.3 Å². The predicted molar refractivity (Wildman–Crippen MR) is 65.1 cm³/mol. The fourth-order valence-corrected chi connectivity index (χ4v) is 2.31. The number of cyclic esters (lactones) is 1. The fourth-order valence-electron chi connectivity index (χ4n) is 1.72. The van der Waals surface area contributed by atoms with Crippen LogP contribution >= 0.6 is 11.3 Å². The average molecular weight is 269 g/mol. The molecule has 0 unspecified atom stereocenters. The summed E-state index contributed by atoms with van der Waals surface area (Å²) in [5, 5.41) is 1.89. The molecule has 0 N–H and O–H groups in total. The molecule has 18 heavy (non-hydrogen) atoms. The number of hydrogen-bond donors (Lipinski definition) is 0. The molecule has 5 nitrogen and oxygen atoms in total. The lowest BCUT2D eigenvalue weighted by Crippen LogP contribution is -2.35. The molecule has 0 radical (unpaired) electrons. The minimum Gasteiger partial charge on any atom is -0.462 e. The largest absolute Gasteiger partial charge is 0.462 e. The van der Waals surface area contributed by atoms with Gasteiger partial charge in [0.05, 0.1) is 17.6 Å². The Morgan fingerprint density at radius 2 is 2.44 bits per heavy atom. The molecule has 0 saturated carbocycles. The van der Waals surface area contributed by atoms with Crippen LogP contribution in [0.15, 0.2) is 10.9 Å². The molecule has 0 aliphatic carbocycles. The first-order valence-corrected chi connectivity index (χ1v) is 6.66. The van der Waals surface area contributed by atoms with Gasteiger partial charge in [-0.25, -0.2) is 9.78 Å². The minimum absolute atomic E-state index is 0.226. The van der Waals surface area contributed by atoms with Gasteiger partial charge in [0.1, 0.15) is 6.61 Å². The summed E-state index contributed by atoms with van der Waals surface area (Å²) < 4.78 is 10.1. The third-order valence-electron chi connectivity index (χ3n) is 2.83. The van der Waals surface area contributed by atoms with Crippen LogP contribution in [0.1, 0.15) is 26.0 Å². The standard InChI is InChI=1S/C12H15NO4S/c1-12(2)6-16-11(15)10(12)17-9(14)4-3-8-5-18-7-13-8/h5,7,10H,3-4,6H2,1-2H3/t10-/m0/s1. The molecule has 0 bridgehead atoms. The summed E-state index contributed by atoms with van der Waals surface area (Å²) in [6.07, 6.45) is -0.0332. The summed E-state index contributed by atoms with van der Waals surface area (Å²) in [6.45, 7) is 3.97. The molecule has 2 rings (SSSR count). The normalized spacial score (nSPS) is 21.7. The number of aromatic nitrogens is 1. The molecule has 1 aromatic rings. The van der Waals surface area contributed by atoms with Crippen LogP contribution in [0.2, 0.25) is 0 Å². The Kier molecular flexibility index (Phi) is 3.65. The molecule has 6 heteroatoms. The number of carbonyl (C=O) groups excluding carboxylic acids is 2. The number of ether oxygens (including phenoxy) is 2. The quantitative estimate of drug-likeness (QED) is 0.776. The van der Waals surface area contributed by atoms with Crippen LogP contribution in [0, 0.1) is 5.41 Å². The van der Waals surface area contributed by atoms with Crippen molar-refractivity contribution in [2.75, 3.05) is 6.61 Å². The molecule has 1 aromatic heterocycles. The highest BCUT2D eigenvalue weighted by atomic mass is 32.1. The van der Waals surface area contributed by atoms with Crippen molar-refractivity contribution in [2.24, 2.45) is 5.41 Å². The van der Waals surface area contributed by atoms with E-state index in [1.54, 1.807) is 5.51 Å². The Labute approximate surface area is 109 Å². The first-order chi connectivity index (χ1) is 8.49. The van der Waals surface area contributed by atoms with E-state index in [1.165, 1.54) is 11.3 Å². The van der Waals surface area contributed by atoms with Gasteiger partial charge in [0.15, 0.2) is 0 Å². The highest BCUT2D eigenvalue weighted by Crippen LogP contribution is 2.31. The predicted octanol–water partition coefficient (Wildman–Crippen LogP) is 1.57. The molecule has 98 valence electrons. The molecule has 0 aromatic carbocycles. The summed E-state index contributed by atoms with van der Waals surface area (Å²) in [5.41, 5.74) is 2.14. The lowest BCUT2D eigenvalue weighted by molar-refractivity contribution is -0.163. The lowest BCUT2D eigenvalue weighted by atomic mass is 9.90.